The number of aromatic hydroxyl groups is 1. The second-order valence-corrected chi connectivity index (χ2v) is 3.10. The van der Waals surface area contributed by atoms with Crippen molar-refractivity contribution in [3.05, 3.63) is 18.3 Å². The molecule has 14 heavy (non-hydrogen) atoms. The van der Waals surface area contributed by atoms with Crippen molar-refractivity contribution in [2.45, 2.75) is 19.4 Å². The number of pyridine rings is 1. The lowest BCUT2D eigenvalue weighted by molar-refractivity contribution is -0.116. The van der Waals surface area contributed by atoms with Crippen LogP contribution in [-0.2, 0) is 4.79 Å². The molecular formula is C9H13N3O2. The summed E-state index contributed by atoms with van der Waals surface area (Å²) in [6.45, 7) is 1.73. The first-order valence-corrected chi connectivity index (χ1v) is 4.29. The van der Waals surface area contributed by atoms with Crippen molar-refractivity contribution < 1.29 is 9.90 Å². The van der Waals surface area contributed by atoms with Crippen LogP contribution in [0, 0.1) is 0 Å². The summed E-state index contributed by atoms with van der Waals surface area (Å²) in [6, 6.07) is 2.83. The molecule has 5 heteroatoms. The molecular weight excluding hydrogens is 182 g/mol. The quantitative estimate of drug-likeness (QED) is 0.653. The number of rotatable bonds is 3. The van der Waals surface area contributed by atoms with Gasteiger partial charge in [0.15, 0.2) is 11.6 Å². The van der Waals surface area contributed by atoms with Gasteiger partial charge in [-0.05, 0) is 19.1 Å². The molecule has 5 nitrogen and oxygen atoms in total. The van der Waals surface area contributed by atoms with Crippen molar-refractivity contribution in [1.82, 2.24) is 4.98 Å². The van der Waals surface area contributed by atoms with E-state index in [0.717, 1.165) is 0 Å². The Hall–Kier alpha value is -1.62. The summed E-state index contributed by atoms with van der Waals surface area (Å²) in [5, 5.41) is 11.7. The van der Waals surface area contributed by atoms with E-state index in [9.17, 15) is 9.90 Å². The summed E-state index contributed by atoms with van der Waals surface area (Å²) < 4.78 is 0. The molecule has 0 aliphatic carbocycles. The number of nitrogens with zero attached hydrogens (tertiary/aromatic N) is 1. The van der Waals surface area contributed by atoms with Crippen molar-refractivity contribution in [1.29, 1.82) is 0 Å². The molecule has 1 atom stereocenters. The van der Waals surface area contributed by atoms with Crippen molar-refractivity contribution in [3.63, 3.8) is 0 Å². The van der Waals surface area contributed by atoms with E-state index >= 15 is 0 Å². The number of nitrogens with one attached hydrogen (secondary N) is 1. The molecule has 0 radical (unpaired) electrons. The van der Waals surface area contributed by atoms with Gasteiger partial charge in [-0.15, -0.1) is 0 Å². The van der Waals surface area contributed by atoms with Crippen LogP contribution < -0.4 is 11.1 Å². The number of carbonyl (C=O) groups excluding carboxylic acids is 1. The van der Waals surface area contributed by atoms with E-state index in [2.05, 4.69) is 10.3 Å². The average Bonchev–Trinajstić information content (AvgIpc) is 2.07. The molecule has 0 aliphatic heterocycles. The maximum atomic E-state index is 11.2. The van der Waals surface area contributed by atoms with Gasteiger partial charge in [0.2, 0.25) is 5.91 Å². The maximum Gasteiger partial charge on any atom is 0.227 e. The van der Waals surface area contributed by atoms with Crippen LogP contribution in [0.3, 0.4) is 0 Å². The molecule has 1 heterocycles. The molecule has 0 fully saturated rings. The second kappa shape index (κ2) is 4.57. The van der Waals surface area contributed by atoms with Crippen molar-refractivity contribution in [3.8, 4) is 5.75 Å². The highest BCUT2D eigenvalue weighted by atomic mass is 16.3. The zero-order chi connectivity index (χ0) is 10.6. The molecule has 0 saturated heterocycles. The number of anilines is 1. The maximum absolute atomic E-state index is 11.2. The fraction of sp³-hybridized carbons (Fsp3) is 0.333. The van der Waals surface area contributed by atoms with Crippen LogP contribution in [0.2, 0.25) is 0 Å². The van der Waals surface area contributed by atoms with Gasteiger partial charge in [-0.3, -0.25) is 4.79 Å². The lowest BCUT2D eigenvalue weighted by atomic mass is 10.2. The molecule has 1 unspecified atom stereocenters. The summed E-state index contributed by atoms with van der Waals surface area (Å²) >= 11 is 0. The smallest absolute Gasteiger partial charge is 0.227 e. The monoisotopic (exact) mass is 195 g/mol. The van der Waals surface area contributed by atoms with E-state index in [4.69, 9.17) is 5.73 Å². The number of amides is 1. The SMILES string of the molecule is CC(N)CC(=O)Nc1ncccc1O. The van der Waals surface area contributed by atoms with Crippen LogP contribution in [-0.4, -0.2) is 22.0 Å². The Labute approximate surface area is 82.0 Å². The molecule has 0 saturated carbocycles. The van der Waals surface area contributed by atoms with Crippen molar-refractivity contribution in [2.75, 3.05) is 5.32 Å². The van der Waals surface area contributed by atoms with E-state index in [1.165, 1.54) is 12.3 Å². The number of carbonyl (C=O) groups is 1. The number of hydrogen-bond donors (Lipinski definition) is 3. The first-order valence-electron chi connectivity index (χ1n) is 4.29. The van der Waals surface area contributed by atoms with Gasteiger partial charge in [-0.2, -0.15) is 0 Å². The molecule has 4 N–H and O–H groups in total. The van der Waals surface area contributed by atoms with Gasteiger partial charge in [-0.25, -0.2) is 4.98 Å². The third kappa shape index (κ3) is 3.02. The van der Waals surface area contributed by atoms with Crippen LogP contribution in [0.15, 0.2) is 18.3 Å². The fourth-order valence-corrected chi connectivity index (χ4v) is 0.969. The largest absolute Gasteiger partial charge is 0.504 e. The van der Waals surface area contributed by atoms with E-state index in [1.807, 2.05) is 0 Å². The second-order valence-electron chi connectivity index (χ2n) is 3.10. The zero-order valence-corrected chi connectivity index (χ0v) is 7.90. The zero-order valence-electron chi connectivity index (χ0n) is 7.90. The van der Waals surface area contributed by atoms with E-state index in [0.29, 0.717) is 0 Å². The van der Waals surface area contributed by atoms with Gasteiger partial charge >= 0.3 is 0 Å². The van der Waals surface area contributed by atoms with Crippen molar-refractivity contribution in [2.24, 2.45) is 5.73 Å². The van der Waals surface area contributed by atoms with Crippen LogP contribution in [0.4, 0.5) is 5.82 Å². The molecule has 0 aromatic carbocycles. The summed E-state index contributed by atoms with van der Waals surface area (Å²) in [7, 11) is 0. The predicted octanol–water partition coefficient (Wildman–Crippen LogP) is 0.463. The Kier molecular flexibility index (Phi) is 3.41. The Balaban J connectivity index is 2.61. The first kappa shape index (κ1) is 10.5. The molecule has 76 valence electrons. The highest BCUT2D eigenvalue weighted by molar-refractivity contribution is 5.91. The summed E-state index contributed by atoms with van der Waals surface area (Å²) in [6.07, 6.45) is 1.69. The van der Waals surface area contributed by atoms with Crippen LogP contribution in [0.5, 0.6) is 5.75 Å². The number of nitrogens with two attached hydrogens (primary N) is 1. The number of hydrogen-bond acceptors (Lipinski definition) is 4. The minimum atomic E-state index is -0.256. The molecule has 1 aromatic heterocycles. The molecule has 0 bridgehead atoms. The van der Waals surface area contributed by atoms with Gasteiger partial charge in [0.05, 0.1) is 0 Å². The molecule has 1 rings (SSSR count). The van der Waals surface area contributed by atoms with Gasteiger partial charge in [0.1, 0.15) is 0 Å². The molecule has 0 spiro atoms. The summed E-state index contributed by atoms with van der Waals surface area (Å²) in [5.41, 5.74) is 5.44. The standard InChI is InChI=1S/C9H13N3O2/c1-6(10)5-8(14)12-9-7(13)3-2-4-11-9/h2-4,6,13H,5,10H2,1H3,(H,11,12,14). The van der Waals surface area contributed by atoms with E-state index in [-0.39, 0.29) is 29.9 Å². The van der Waals surface area contributed by atoms with Crippen LogP contribution in [0.25, 0.3) is 0 Å². The minimum Gasteiger partial charge on any atom is -0.504 e. The van der Waals surface area contributed by atoms with Gasteiger partial charge in [-0.1, -0.05) is 0 Å². The normalized spacial score (nSPS) is 12.1. The Morgan fingerprint density at radius 2 is 2.50 bits per heavy atom. The summed E-state index contributed by atoms with van der Waals surface area (Å²) in [5.74, 6) is -0.141. The Bertz CT molecular complexity index is 326. The van der Waals surface area contributed by atoms with E-state index in [1.54, 1.807) is 13.0 Å². The van der Waals surface area contributed by atoms with Crippen LogP contribution >= 0.6 is 0 Å². The van der Waals surface area contributed by atoms with Gasteiger partial charge in [0.25, 0.3) is 0 Å². The predicted molar refractivity (Wildman–Crippen MR) is 52.8 cm³/mol. The van der Waals surface area contributed by atoms with Gasteiger partial charge in [0, 0.05) is 18.7 Å². The fourth-order valence-electron chi connectivity index (χ4n) is 0.969. The topological polar surface area (TPSA) is 88.2 Å². The average molecular weight is 195 g/mol. The number of aromatic nitrogens is 1. The third-order valence-corrected chi connectivity index (χ3v) is 1.55. The lowest BCUT2D eigenvalue weighted by Gasteiger charge is -2.07. The Morgan fingerprint density at radius 3 is 3.07 bits per heavy atom. The lowest BCUT2D eigenvalue weighted by Crippen LogP contribution is -2.24. The molecule has 0 aliphatic rings. The van der Waals surface area contributed by atoms with Crippen LogP contribution in [0.1, 0.15) is 13.3 Å². The van der Waals surface area contributed by atoms with Gasteiger partial charge < -0.3 is 16.2 Å². The Morgan fingerprint density at radius 1 is 1.79 bits per heavy atom. The first-order chi connectivity index (χ1) is 6.59. The minimum absolute atomic E-state index is 0.0504. The van der Waals surface area contributed by atoms with Crippen molar-refractivity contribution >= 4 is 11.7 Å². The van der Waals surface area contributed by atoms with E-state index < -0.39 is 0 Å². The molecule has 1 aromatic rings. The third-order valence-electron chi connectivity index (χ3n) is 1.55. The summed E-state index contributed by atoms with van der Waals surface area (Å²) in [4.78, 5) is 15.0. The highest BCUT2D eigenvalue weighted by Crippen LogP contribution is 2.18. The molecule has 1 amide bonds. The highest BCUT2D eigenvalue weighted by Gasteiger charge is 2.08.